The minimum atomic E-state index is -0.292. The van der Waals surface area contributed by atoms with E-state index in [1.807, 2.05) is 66.3 Å². The van der Waals surface area contributed by atoms with Gasteiger partial charge in [-0.05, 0) is 82.5 Å². The molecule has 3 aromatic carbocycles. The number of halogens is 1. The summed E-state index contributed by atoms with van der Waals surface area (Å²) in [6, 6.07) is 23.0. The summed E-state index contributed by atoms with van der Waals surface area (Å²) >= 11 is 3.55. The molecule has 0 atom stereocenters. The number of hydrogen-bond acceptors (Lipinski definition) is 4. The molecule has 0 fully saturated rings. The van der Waals surface area contributed by atoms with E-state index in [1.54, 1.807) is 31.5 Å². The van der Waals surface area contributed by atoms with Crippen molar-refractivity contribution in [3.05, 3.63) is 112 Å². The molecule has 0 aliphatic carbocycles. The second-order valence-electron chi connectivity index (χ2n) is 7.64. The highest BCUT2D eigenvalue weighted by atomic mass is 79.9. The van der Waals surface area contributed by atoms with Gasteiger partial charge in [-0.3, -0.25) is 4.79 Å². The van der Waals surface area contributed by atoms with E-state index in [2.05, 4.69) is 38.6 Å². The quantitative estimate of drug-likeness (QED) is 0.233. The van der Waals surface area contributed by atoms with Gasteiger partial charge in [0.15, 0.2) is 11.5 Å². The third-order valence-corrected chi connectivity index (χ3v) is 5.76. The van der Waals surface area contributed by atoms with Crippen LogP contribution in [0.3, 0.4) is 0 Å². The van der Waals surface area contributed by atoms with Gasteiger partial charge in [0, 0.05) is 23.6 Å². The van der Waals surface area contributed by atoms with Gasteiger partial charge in [-0.2, -0.15) is 5.10 Å². The number of ether oxygens (including phenoxy) is 2. The van der Waals surface area contributed by atoms with Gasteiger partial charge in [0.2, 0.25) is 0 Å². The van der Waals surface area contributed by atoms with E-state index in [-0.39, 0.29) is 5.91 Å². The molecule has 0 bridgehead atoms. The molecule has 0 radical (unpaired) electrons. The number of nitrogens with zero attached hydrogens (tertiary/aromatic N) is 2. The van der Waals surface area contributed by atoms with Crippen molar-refractivity contribution < 1.29 is 14.3 Å². The fourth-order valence-electron chi connectivity index (χ4n) is 3.32. The van der Waals surface area contributed by atoms with E-state index in [1.165, 1.54) is 5.56 Å². The Balaban J connectivity index is 1.39. The number of carbonyl (C=O) groups excluding carboxylic acids is 1. The second kappa shape index (κ2) is 10.9. The maximum absolute atomic E-state index is 12.4. The van der Waals surface area contributed by atoms with Crippen molar-refractivity contribution in [2.75, 3.05) is 7.11 Å². The van der Waals surface area contributed by atoms with Gasteiger partial charge < -0.3 is 14.0 Å². The zero-order valence-corrected chi connectivity index (χ0v) is 20.5. The Morgan fingerprint density at radius 2 is 1.76 bits per heavy atom. The Labute approximate surface area is 207 Å². The van der Waals surface area contributed by atoms with E-state index in [0.29, 0.717) is 23.7 Å². The van der Waals surface area contributed by atoms with Crippen LogP contribution in [0.15, 0.2) is 94.8 Å². The first-order valence-electron chi connectivity index (χ1n) is 10.7. The van der Waals surface area contributed by atoms with Crippen LogP contribution in [0.2, 0.25) is 0 Å². The first-order valence-corrected chi connectivity index (χ1v) is 11.5. The second-order valence-corrected chi connectivity index (χ2v) is 8.50. The number of methoxy groups -OCH3 is 1. The Morgan fingerprint density at radius 3 is 2.44 bits per heavy atom. The number of hydrazone groups is 1. The van der Waals surface area contributed by atoms with Gasteiger partial charge in [-0.25, -0.2) is 5.43 Å². The van der Waals surface area contributed by atoms with E-state index in [9.17, 15) is 4.79 Å². The van der Waals surface area contributed by atoms with Crippen LogP contribution in [0.5, 0.6) is 11.5 Å². The standard InChI is InChI=1S/C27H24BrN3O3/c1-19-5-7-20(8-6-19)18-34-26-24(28)15-21(16-25(26)33-2)17-29-30-27(32)22-9-11-23(12-10-22)31-13-3-4-14-31/h3-17H,18H2,1-2H3,(H,30,32)/b29-17+. The van der Waals surface area contributed by atoms with Crippen LogP contribution >= 0.6 is 15.9 Å². The first kappa shape index (κ1) is 23.3. The zero-order valence-electron chi connectivity index (χ0n) is 18.9. The number of aryl methyl sites for hydroxylation is 1. The summed E-state index contributed by atoms with van der Waals surface area (Å²) in [6.45, 7) is 2.47. The average Bonchev–Trinajstić information content (AvgIpc) is 3.39. The maximum atomic E-state index is 12.4. The number of rotatable bonds is 8. The van der Waals surface area contributed by atoms with Crippen LogP contribution in [-0.4, -0.2) is 23.8 Å². The molecule has 0 aliphatic heterocycles. The molecular formula is C27H24BrN3O3. The van der Waals surface area contributed by atoms with Crippen molar-refractivity contribution in [3.8, 4) is 17.2 Å². The lowest BCUT2D eigenvalue weighted by Gasteiger charge is -2.13. The molecule has 0 aliphatic rings. The van der Waals surface area contributed by atoms with Gasteiger partial charge in [-0.15, -0.1) is 0 Å². The molecule has 1 N–H and O–H groups in total. The van der Waals surface area contributed by atoms with Crippen molar-refractivity contribution in [1.82, 2.24) is 9.99 Å². The largest absolute Gasteiger partial charge is 0.493 e. The molecular weight excluding hydrogens is 494 g/mol. The van der Waals surface area contributed by atoms with Crippen LogP contribution in [0, 0.1) is 6.92 Å². The topological polar surface area (TPSA) is 64.8 Å². The molecule has 0 saturated carbocycles. The summed E-state index contributed by atoms with van der Waals surface area (Å²) in [5, 5.41) is 4.09. The molecule has 34 heavy (non-hydrogen) atoms. The van der Waals surface area contributed by atoms with Gasteiger partial charge in [0.05, 0.1) is 17.8 Å². The number of nitrogens with one attached hydrogen (secondary N) is 1. The SMILES string of the molecule is COc1cc(/C=N/NC(=O)c2ccc(-n3cccc3)cc2)cc(Br)c1OCc1ccc(C)cc1. The van der Waals surface area contributed by atoms with Crippen LogP contribution in [0.4, 0.5) is 0 Å². The number of benzene rings is 3. The van der Waals surface area contributed by atoms with Gasteiger partial charge in [0.1, 0.15) is 6.61 Å². The molecule has 1 heterocycles. The average molecular weight is 518 g/mol. The van der Waals surface area contributed by atoms with Crippen molar-refractivity contribution in [3.63, 3.8) is 0 Å². The highest BCUT2D eigenvalue weighted by Crippen LogP contribution is 2.36. The number of aromatic nitrogens is 1. The molecule has 1 amide bonds. The van der Waals surface area contributed by atoms with Crippen LogP contribution in [0.25, 0.3) is 5.69 Å². The van der Waals surface area contributed by atoms with Crippen LogP contribution in [0.1, 0.15) is 27.0 Å². The summed E-state index contributed by atoms with van der Waals surface area (Å²) in [5.41, 5.74) is 7.07. The lowest BCUT2D eigenvalue weighted by Crippen LogP contribution is -2.17. The molecule has 0 saturated heterocycles. The minimum Gasteiger partial charge on any atom is -0.493 e. The number of hydrogen-bond donors (Lipinski definition) is 1. The van der Waals surface area contributed by atoms with E-state index < -0.39 is 0 Å². The Bertz CT molecular complexity index is 1280. The fraction of sp³-hybridized carbons (Fsp3) is 0.111. The summed E-state index contributed by atoms with van der Waals surface area (Å²) in [7, 11) is 1.58. The third-order valence-electron chi connectivity index (χ3n) is 5.17. The van der Waals surface area contributed by atoms with Crippen LogP contribution in [-0.2, 0) is 6.61 Å². The molecule has 0 spiro atoms. The van der Waals surface area contributed by atoms with E-state index in [4.69, 9.17) is 9.47 Å². The van der Waals surface area contributed by atoms with Gasteiger partial charge >= 0.3 is 0 Å². The molecule has 0 unspecified atom stereocenters. The van der Waals surface area contributed by atoms with Crippen molar-refractivity contribution >= 4 is 28.1 Å². The maximum Gasteiger partial charge on any atom is 0.271 e. The highest BCUT2D eigenvalue weighted by molar-refractivity contribution is 9.10. The molecule has 7 heteroatoms. The summed E-state index contributed by atoms with van der Waals surface area (Å²) in [4.78, 5) is 12.4. The summed E-state index contributed by atoms with van der Waals surface area (Å²) in [5.74, 6) is 0.876. The van der Waals surface area contributed by atoms with Crippen LogP contribution < -0.4 is 14.9 Å². The molecule has 4 aromatic rings. The first-order chi connectivity index (χ1) is 16.5. The molecule has 4 rings (SSSR count). The lowest BCUT2D eigenvalue weighted by molar-refractivity contribution is 0.0955. The molecule has 6 nitrogen and oxygen atoms in total. The van der Waals surface area contributed by atoms with Crippen molar-refractivity contribution in [2.24, 2.45) is 5.10 Å². The third kappa shape index (κ3) is 5.74. The Kier molecular flexibility index (Phi) is 7.44. The number of carbonyl (C=O) groups is 1. The monoisotopic (exact) mass is 517 g/mol. The lowest BCUT2D eigenvalue weighted by atomic mass is 10.2. The molecule has 1 aromatic heterocycles. The smallest absolute Gasteiger partial charge is 0.271 e. The fourth-order valence-corrected chi connectivity index (χ4v) is 3.89. The summed E-state index contributed by atoms with van der Waals surface area (Å²) < 4.78 is 14.2. The zero-order chi connectivity index (χ0) is 23.9. The Hall–Kier alpha value is -3.84. The Morgan fingerprint density at radius 1 is 1.06 bits per heavy atom. The predicted molar refractivity (Wildman–Crippen MR) is 137 cm³/mol. The van der Waals surface area contributed by atoms with Crippen molar-refractivity contribution in [2.45, 2.75) is 13.5 Å². The minimum absolute atomic E-state index is 0.292. The summed E-state index contributed by atoms with van der Waals surface area (Å²) in [6.07, 6.45) is 5.46. The van der Waals surface area contributed by atoms with E-state index in [0.717, 1.165) is 21.3 Å². The molecule has 172 valence electrons. The van der Waals surface area contributed by atoms with Gasteiger partial charge in [0.25, 0.3) is 5.91 Å². The van der Waals surface area contributed by atoms with Gasteiger partial charge in [-0.1, -0.05) is 29.8 Å². The van der Waals surface area contributed by atoms with Crippen molar-refractivity contribution in [1.29, 1.82) is 0 Å². The highest BCUT2D eigenvalue weighted by Gasteiger charge is 2.12. The van der Waals surface area contributed by atoms with E-state index >= 15 is 0 Å². The number of amides is 1. The predicted octanol–water partition coefficient (Wildman–Crippen LogP) is 5.90. The normalized spacial score (nSPS) is 10.9.